The molecule has 0 heterocycles. The molecule has 6 nitrogen and oxygen atoms in total. The highest BCUT2D eigenvalue weighted by Crippen LogP contribution is 2.36. The molecule has 10 heteroatoms. The van der Waals surface area contributed by atoms with Crippen molar-refractivity contribution in [2.75, 3.05) is 11.9 Å². The Bertz CT molecular complexity index is 930. The van der Waals surface area contributed by atoms with Crippen LogP contribution in [0.5, 0.6) is 5.75 Å². The van der Waals surface area contributed by atoms with E-state index in [-0.39, 0.29) is 22.6 Å². The maximum Gasteiger partial charge on any atom is 0.262 e. The predicted molar refractivity (Wildman–Crippen MR) is 115 cm³/mol. The highest BCUT2D eigenvalue weighted by atomic mass is 79.9. The van der Waals surface area contributed by atoms with Gasteiger partial charge in [-0.25, -0.2) is 13.1 Å². The van der Waals surface area contributed by atoms with Crippen molar-refractivity contribution in [2.45, 2.75) is 31.2 Å². The Morgan fingerprint density at radius 3 is 2.43 bits per heavy atom. The van der Waals surface area contributed by atoms with Crippen LogP contribution < -0.4 is 14.8 Å². The molecule has 0 aliphatic carbocycles. The van der Waals surface area contributed by atoms with E-state index in [9.17, 15) is 13.2 Å². The van der Waals surface area contributed by atoms with Gasteiger partial charge in [0.15, 0.2) is 12.4 Å². The fourth-order valence-corrected chi connectivity index (χ4v) is 4.83. The molecule has 1 unspecified atom stereocenters. The molecular weight excluding hydrogens is 491 g/mol. The number of halogens is 3. The zero-order chi connectivity index (χ0) is 20.9. The smallest absolute Gasteiger partial charge is 0.262 e. The van der Waals surface area contributed by atoms with Crippen molar-refractivity contribution in [1.29, 1.82) is 0 Å². The number of sulfonamides is 1. The highest BCUT2D eigenvalue weighted by molar-refractivity contribution is 9.10. The number of ether oxygens (including phenoxy) is 1. The molecule has 0 aliphatic rings. The van der Waals surface area contributed by atoms with E-state index in [2.05, 4.69) is 26.0 Å². The quantitative estimate of drug-likeness (QED) is 0.532. The van der Waals surface area contributed by atoms with Crippen molar-refractivity contribution in [3.8, 4) is 5.75 Å². The van der Waals surface area contributed by atoms with Crippen molar-refractivity contribution in [3.63, 3.8) is 0 Å². The van der Waals surface area contributed by atoms with Gasteiger partial charge in [-0.15, -0.1) is 0 Å². The number of rotatable bonds is 8. The van der Waals surface area contributed by atoms with Crippen molar-refractivity contribution in [1.82, 2.24) is 4.72 Å². The van der Waals surface area contributed by atoms with Crippen LogP contribution in [0.15, 0.2) is 45.8 Å². The average Bonchev–Trinajstić information content (AvgIpc) is 2.60. The zero-order valence-electron chi connectivity index (χ0n) is 15.1. The van der Waals surface area contributed by atoms with Crippen LogP contribution in [-0.2, 0) is 14.8 Å². The van der Waals surface area contributed by atoms with Crippen LogP contribution in [0.2, 0.25) is 10.0 Å². The van der Waals surface area contributed by atoms with Gasteiger partial charge < -0.3 is 10.1 Å². The Morgan fingerprint density at radius 1 is 1.21 bits per heavy atom. The lowest BCUT2D eigenvalue weighted by molar-refractivity contribution is -0.118. The third-order valence-electron chi connectivity index (χ3n) is 3.73. The fraction of sp³-hybridized carbons (Fsp3) is 0.278. The van der Waals surface area contributed by atoms with E-state index in [1.807, 2.05) is 6.92 Å². The predicted octanol–water partition coefficient (Wildman–Crippen LogP) is 4.85. The monoisotopic (exact) mass is 508 g/mol. The van der Waals surface area contributed by atoms with Crippen molar-refractivity contribution < 1.29 is 17.9 Å². The topological polar surface area (TPSA) is 84.5 Å². The second kappa shape index (κ2) is 9.93. The van der Waals surface area contributed by atoms with Crippen LogP contribution >= 0.6 is 39.1 Å². The second-order valence-electron chi connectivity index (χ2n) is 5.99. The Balaban J connectivity index is 1.98. The van der Waals surface area contributed by atoms with E-state index in [0.717, 1.165) is 0 Å². The molecule has 0 spiro atoms. The lowest BCUT2D eigenvalue weighted by atomic mass is 10.3. The van der Waals surface area contributed by atoms with Gasteiger partial charge in [-0.2, -0.15) is 0 Å². The molecule has 0 aromatic heterocycles. The summed E-state index contributed by atoms with van der Waals surface area (Å²) in [6, 6.07) is 8.81. The molecule has 0 saturated carbocycles. The minimum absolute atomic E-state index is 0.124. The molecule has 28 heavy (non-hydrogen) atoms. The summed E-state index contributed by atoms with van der Waals surface area (Å²) in [6.07, 6.45) is 0.682. The van der Waals surface area contributed by atoms with E-state index in [1.54, 1.807) is 13.0 Å². The van der Waals surface area contributed by atoms with Gasteiger partial charge in [0.1, 0.15) is 0 Å². The molecule has 2 rings (SSSR count). The first-order valence-electron chi connectivity index (χ1n) is 8.32. The van der Waals surface area contributed by atoms with Gasteiger partial charge in [0.2, 0.25) is 10.0 Å². The number of hydrogen-bond donors (Lipinski definition) is 2. The van der Waals surface area contributed by atoms with Gasteiger partial charge in [0.25, 0.3) is 5.91 Å². The SMILES string of the molecule is CCC(C)NS(=O)(=O)c1ccc(NC(=O)COc2c(Cl)cc(Cl)cc2Br)cc1. The number of nitrogens with one attached hydrogen (secondary N) is 2. The molecule has 0 fully saturated rings. The molecule has 0 radical (unpaired) electrons. The summed E-state index contributed by atoms with van der Waals surface area (Å²) < 4.78 is 33.0. The third kappa shape index (κ3) is 6.35. The number of carbonyl (C=O) groups excluding carboxylic acids is 1. The molecule has 2 aromatic rings. The molecule has 2 N–H and O–H groups in total. The van der Waals surface area contributed by atoms with Gasteiger partial charge in [0.05, 0.1) is 14.4 Å². The summed E-state index contributed by atoms with van der Waals surface area (Å²) >= 11 is 15.2. The summed E-state index contributed by atoms with van der Waals surface area (Å²) in [5.74, 6) is -0.120. The van der Waals surface area contributed by atoms with E-state index in [0.29, 0.717) is 27.4 Å². The van der Waals surface area contributed by atoms with Crippen molar-refractivity contribution >= 4 is 60.7 Å². The largest absolute Gasteiger partial charge is 0.481 e. The summed E-state index contributed by atoms with van der Waals surface area (Å²) in [5, 5.41) is 3.34. The number of amides is 1. The normalized spacial score (nSPS) is 12.5. The van der Waals surface area contributed by atoms with Crippen LogP contribution in [0.1, 0.15) is 20.3 Å². The molecule has 152 valence electrons. The molecule has 0 bridgehead atoms. The van der Waals surface area contributed by atoms with Gasteiger partial charge in [-0.3, -0.25) is 4.79 Å². The first kappa shape index (κ1) is 23.0. The summed E-state index contributed by atoms with van der Waals surface area (Å²) in [6.45, 7) is 3.40. The standard InChI is InChI=1S/C18H19BrCl2N2O4S/c1-3-11(2)23-28(25,26)14-6-4-13(5-7-14)22-17(24)10-27-18-15(19)8-12(20)9-16(18)21/h4-9,11,23H,3,10H2,1-2H3,(H,22,24). The molecule has 2 aromatic carbocycles. The molecule has 0 saturated heterocycles. The second-order valence-corrected chi connectivity index (χ2v) is 9.40. The Kier molecular flexibility index (Phi) is 8.15. The van der Waals surface area contributed by atoms with Crippen LogP contribution in [0, 0.1) is 0 Å². The van der Waals surface area contributed by atoms with Gasteiger partial charge in [-0.05, 0) is 65.7 Å². The summed E-state index contributed by atoms with van der Waals surface area (Å²) in [4.78, 5) is 12.2. The first-order valence-corrected chi connectivity index (χ1v) is 11.3. The van der Waals surface area contributed by atoms with Gasteiger partial charge in [-0.1, -0.05) is 30.1 Å². The van der Waals surface area contributed by atoms with Crippen LogP contribution in [0.4, 0.5) is 5.69 Å². The summed E-state index contributed by atoms with van der Waals surface area (Å²) in [5.41, 5.74) is 0.442. The van der Waals surface area contributed by atoms with E-state index >= 15 is 0 Å². The maximum absolute atomic E-state index is 12.2. The highest BCUT2D eigenvalue weighted by Gasteiger charge is 2.16. The summed E-state index contributed by atoms with van der Waals surface area (Å²) in [7, 11) is -3.59. The Labute approximate surface area is 182 Å². The average molecular weight is 510 g/mol. The fourth-order valence-electron chi connectivity index (χ4n) is 2.14. The Hall–Kier alpha value is -1.32. The molecule has 1 amide bonds. The van der Waals surface area contributed by atoms with E-state index in [1.165, 1.54) is 30.3 Å². The number of carbonyl (C=O) groups is 1. The molecular formula is C18H19BrCl2N2O4S. The first-order chi connectivity index (χ1) is 13.1. The third-order valence-corrected chi connectivity index (χ3v) is 6.42. The van der Waals surface area contributed by atoms with E-state index < -0.39 is 15.9 Å². The minimum Gasteiger partial charge on any atom is -0.481 e. The Morgan fingerprint density at radius 2 is 1.86 bits per heavy atom. The van der Waals surface area contributed by atoms with Crippen molar-refractivity contribution in [2.24, 2.45) is 0 Å². The lowest BCUT2D eigenvalue weighted by Gasteiger charge is -2.13. The number of anilines is 1. The van der Waals surface area contributed by atoms with Gasteiger partial charge in [0, 0.05) is 16.8 Å². The molecule has 1 atom stereocenters. The van der Waals surface area contributed by atoms with Crippen LogP contribution in [0.25, 0.3) is 0 Å². The van der Waals surface area contributed by atoms with E-state index in [4.69, 9.17) is 27.9 Å². The molecule has 0 aliphatic heterocycles. The number of benzene rings is 2. The van der Waals surface area contributed by atoms with Gasteiger partial charge >= 0.3 is 0 Å². The lowest BCUT2D eigenvalue weighted by Crippen LogP contribution is -2.32. The van der Waals surface area contributed by atoms with Crippen LogP contribution in [-0.4, -0.2) is 27.0 Å². The zero-order valence-corrected chi connectivity index (χ0v) is 19.0. The van der Waals surface area contributed by atoms with Crippen LogP contribution in [0.3, 0.4) is 0 Å². The van der Waals surface area contributed by atoms with Crippen molar-refractivity contribution in [3.05, 3.63) is 50.9 Å². The number of hydrogen-bond acceptors (Lipinski definition) is 4. The minimum atomic E-state index is -3.59. The maximum atomic E-state index is 12.2.